The molecule has 0 aliphatic carbocycles. The Morgan fingerprint density at radius 2 is 1.89 bits per heavy atom. The third-order valence-electron chi connectivity index (χ3n) is 2.62. The van der Waals surface area contributed by atoms with Crippen molar-refractivity contribution in [2.24, 2.45) is 0 Å². The van der Waals surface area contributed by atoms with Crippen molar-refractivity contribution >= 4 is 12.4 Å². The first-order valence-electron chi connectivity index (χ1n) is 5.80. The first-order chi connectivity index (χ1) is 9.00. The Morgan fingerprint density at radius 3 is 2.47 bits per heavy atom. The lowest BCUT2D eigenvalue weighted by molar-refractivity contribution is 0.287. The van der Waals surface area contributed by atoms with E-state index in [4.69, 9.17) is 4.74 Å². The Kier molecular flexibility index (Phi) is 3.78. The second-order valence-electron chi connectivity index (χ2n) is 3.92. The van der Waals surface area contributed by atoms with Crippen molar-refractivity contribution in [3.8, 4) is 5.75 Å². The van der Waals surface area contributed by atoms with Crippen LogP contribution >= 0.6 is 0 Å². The summed E-state index contributed by atoms with van der Waals surface area (Å²) in [6.07, 6.45) is 1.41. The number of halogens is 3. The number of rotatable bonds is 5. The van der Waals surface area contributed by atoms with E-state index in [-0.39, 0.29) is 6.61 Å². The second-order valence-corrected chi connectivity index (χ2v) is 3.92. The van der Waals surface area contributed by atoms with Gasteiger partial charge in [-0.2, -0.15) is 5.10 Å². The number of aromatic nitrogens is 3. The summed E-state index contributed by atoms with van der Waals surface area (Å²) in [6.45, 7) is -2.21. The Morgan fingerprint density at radius 1 is 1.21 bits per heavy atom. The molecule has 1 aromatic carbocycles. The van der Waals surface area contributed by atoms with Crippen LogP contribution in [0.5, 0.6) is 5.75 Å². The maximum absolute atomic E-state index is 12.4. The first kappa shape index (κ1) is 13.4. The standard InChI is InChI=1S/C11H12BF3N3O/c1-2-18-11(16-8-17-18)7-19-10-5-3-9(4-6-10)12(13,14)15/h3-6,8H,2,7H2,1H3/q-1. The Bertz CT molecular complexity index is 539. The van der Waals surface area contributed by atoms with E-state index in [2.05, 4.69) is 10.1 Å². The molecule has 2 rings (SSSR count). The van der Waals surface area contributed by atoms with Crippen molar-refractivity contribution in [3.05, 3.63) is 36.4 Å². The molecule has 0 N–H and O–H groups in total. The molecule has 1 heterocycles. The van der Waals surface area contributed by atoms with Gasteiger partial charge in [0.05, 0.1) is 0 Å². The summed E-state index contributed by atoms with van der Waals surface area (Å²) in [5, 5.41) is 3.97. The van der Waals surface area contributed by atoms with Crippen LogP contribution in [0.2, 0.25) is 0 Å². The van der Waals surface area contributed by atoms with E-state index in [1.54, 1.807) is 4.68 Å². The van der Waals surface area contributed by atoms with Crippen molar-refractivity contribution in [3.63, 3.8) is 0 Å². The van der Waals surface area contributed by atoms with E-state index in [9.17, 15) is 12.9 Å². The molecule has 8 heteroatoms. The molecule has 1 aromatic heterocycles. The zero-order valence-corrected chi connectivity index (χ0v) is 10.3. The minimum Gasteiger partial charge on any atom is -0.486 e. The van der Waals surface area contributed by atoms with Gasteiger partial charge in [0.2, 0.25) is 0 Å². The van der Waals surface area contributed by atoms with E-state index in [1.165, 1.54) is 18.5 Å². The molecule has 0 spiro atoms. The van der Waals surface area contributed by atoms with Gasteiger partial charge in [-0.25, -0.2) is 9.67 Å². The van der Waals surface area contributed by atoms with Gasteiger partial charge in [0.15, 0.2) is 5.82 Å². The lowest BCUT2D eigenvalue weighted by Gasteiger charge is -2.15. The van der Waals surface area contributed by atoms with Crippen molar-refractivity contribution in [2.45, 2.75) is 20.1 Å². The van der Waals surface area contributed by atoms with Gasteiger partial charge in [0.1, 0.15) is 18.7 Å². The molecule has 0 fully saturated rings. The fourth-order valence-electron chi connectivity index (χ4n) is 1.59. The van der Waals surface area contributed by atoms with Crippen LogP contribution in [0.3, 0.4) is 0 Å². The van der Waals surface area contributed by atoms with Crippen LogP contribution in [0.15, 0.2) is 30.6 Å². The molecule has 0 atom stereocenters. The van der Waals surface area contributed by atoms with Crippen LogP contribution in [-0.4, -0.2) is 21.7 Å². The Balaban J connectivity index is 2.01. The normalized spacial score (nSPS) is 11.6. The molecular formula is C11H12BF3N3O-. The smallest absolute Gasteiger partial charge is 0.486 e. The lowest BCUT2D eigenvalue weighted by Crippen LogP contribution is -2.33. The average molecular weight is 270 g/mol. The van der Waals surface area contributed by atoms with Crippen LogP contribution in [0.1, 0.15) is 12.7 Å². The fraction of sp³-hybridized carbons (Fsp3) is 0.273. The molecular weight excluding hydrogens is 258 g/mol. The van der Waals surface area contributed by atoms with Crippen molar-refractivity contribution in [2.75, 3.05) is 0 Å². The molecule has 0 aliphatic heterocycles. The molecule has 0 unspecified atom stereocenters. The third-order valence-corrected chi connectivity index (χ3v) is 2.62. The largest absolute Gasteiger partial charge is 0.509 e. The minimum absolute atomic E-state index is 0.171. The highest BCUT2D eigenvalue weighted by molar-refractivity contribution is 6.73. The zero-order chi connectivity index (χ0) is 13.9. The monoisotopic (exact) mass is 270 g/mol. The van der Waals surface area contributed by atoms with Crippen LogP contribution in [0.25, 0.3) is 0 Å². The molecule has 0 saturated carbocycles. The molecule has 4 nitrogen and oxygen atoms in total. The van der Waals surface area contributed by atoms with Gasteiger partial charge in [-0.3, -0.25) is 0 Å². The highest BCUT2D eigenvalue weighted by Crippen LogP contribution is 2.14. The first-order valence-corrected chi connectivity index (χ1v) is 5.80. The molecule has 0 amide bonds. The van der Waals surface area contributed by atoms with Gasteiger partial charge < -0.3 is 17.7 Å². The van der Waals surface area contributed by atoms with Crippen molar-refractivity contribution in [1.82, 2.24) is 14.8 Å². The highest BCUT2D eigenvalue weighted by Gasteiger charge is 2.24. The maximum atomic E-state index is 12.4. The van der Waals surface area contributed by atoms with Gasteiger partial charge >= 0.3 is 6.98 Å². The summed E-state index contributed by atoms with van der Waals surface area (Å²) in [7, 11) is 0. The number of hydrogen-bond donors (Lipinski definition) is 0. The predicted molar refractivity (Wildman–Crippen MR) is 65.2 cm³/mol. The van der Waals surface area contributed by atoms with Gasteiger partial charge in [0, 0.05) is 6.54 Å². The second kappa shape index (κ2) is 5.33. The molecule has 0 bridgehead atoms. The molecule has 2 aromatic rings. The maximum Gasteiger partial charge on any atom is 0.509 e. The van der Waals surface area contributed by atoms with Gasteiger partial charge in [-0.1, -0.05) is 12.1 Å². The summed E-state index contributed by atoms with van der Waals surface area (Å²) in [5.41, 5.74) is -0.635. The molecule has 102 valence electrons. The van der Waals surface area contributed by atoms with Gasteiger partial charge in [-0.05, 0) is 19.1 Å². The van der Waals surface area contributed by atoms with Crippen LogP contribution < -0.4 is 10.2 Å². The number of benzene rings is 1. The lowest BCUT2D eigenvalue weighted by atomic mass is 9.80. The van der Waals surface area contributed by atoms with Crippen molar-refractivity contribution in [1.29, 1.82) is 0 Å². The van der Waals surface area contributed by atoms with Gasteiger partial charge in [-0.15, -0.1) is 5.46 Å². The van der Waals surface area contributed by atoms with E-state index < -0.39 is 12.4 Å². The zero-order valence-electron chi connectivity index (χ0n) is 10.3. The predicted octanol–water partition coefficient (Wildman–Crippen LogP) is 1.93. The minimum atomic E-state index is -4.96. The average Bonchev–Trinajstić information content (AvgIpc) is 2.83. The quantitative estimate of drug-likeness (QED) is 0.779. The molecule has 0 saturated heterocycles. The highest BCUT2D eigenvalue weighted by atomic mass is 19.4. The summed E-state index contributed by atoms with van der Waals surface area (Å²) in [4.78, 5) is 4.01. The SMILES string of the molecule is CCn1ncnc1COc1ccc([B-](F)(F)F)cc1. The Labute approximate surface area is 108 Å². The molecule has 0 radical (unpaired) electrons. The summed E-state index contributed by atoms with van der Waals surface area (Å²) >= 11 is 0. The van der Waals surface area contributed by atoms with Crippen LogP contribution in [-0.2, 0) is 13.2 Å². The summed E-state index contributed by atoms with van der Waals surface area (Å²) in [6, 6.07) is 4.63. The fourth-order valence-corrected chi connectivity index (χ4v) is 1.59. The summed E-state index contributed by atoms with van der Waals surface area (Å²) in [5.74, 6) is 1.00. The van der Waals surface area contributed by atoms with E-state index >= 15 is 0 Å². The number of hydrogen-bond acceptors (Lipinski definition) is 3. The number of nitrogens with zero attached hydrogens (tertiary/aromatic N) is 3. The molecule has 0 aliphatic rings. The van der Waals surface area contributed by atoms with Crippen LogP contribution in [0.4, 0.5) is 12.9 Å². The Hall–Kier alpha value is -1.99. The topological polar surface area (TPSA) is 39.9 Å². The van der Waals surface area contributed by atoms with E-state index in [0.717, 1.165) is 12.1 Å². The van der Waals surface area contributed by atoms with E-state index in [0.29, 0.717) is 18.1 Å². The number of ether oxygens (including phenoxy) is 1. The van der Waals surface area contributed by atoms with E-state index in [1.807, 2.05) is 6.92 Å². The van der Waals surface area contributed by atoms with Gasteiger partial charge in [0.25, 0.3) is 0 Å². The van der Waals surface area contributed by atoms with Crippen LogP contribution in [0, 0.1) is 0 Å². The number of aryl methyl sites for hydroxylation is 1. The van der Waals surface area contributed by atoms with Crippen molar-refractivity contribution < 1.29 is 17.7 Å². The molecule has 19 heavy (non-hydrogen) atoms. The third kappa shape index (κ3) is 3.27. The summed E-state index contributed by atoms with van der Waals surface area (Å²) < 4.78 is 44.3.